The van der Waals surface area contributed by atoms with E-state index in [1.54, 1.807) is 18.9 Å². The van der Waals surface area contributed by atoms with Crippen LogP contribution >= 0.6 is 43.6 Å². The number of ether oxygens (including phenoxy) is 1. The molecular formula is C18H16Br2N2OS. The molecule has 1 heterocycles. The van der Waals surface area contributed by atoms with Crippen molar-refractivity contribution in [3.63, 3.8) is 0 Å². The second-order valence-corrected chi connectivity index (χ2v) is 8.11. The van der Waals surface area contributed by atoms with Crippen LogP contribution in [0.1, 0.15) is 0 Å². The molecule has 0 N–H and O–H groups in total. The van der Waals surface area contributed by atoms with Crippen LogP contribution in [0.4, 0.5) is 0 Å². The van der Waals surface area contributed by atoms with Crippen LogP contribution in [0.25, 0.3) is 22.3 Å². The zero-order chi connectivity index (χ0) is 16.9. The minimum Gasteiger partial charge on any atom is -0.497 e. The highest BCUT2D eigenvalue weighted by molar-refractivity contribution is 9.12. The Kier molecular flexibility index (Phi) is 6.14. The van der Waals surface area contributed by atoms with E-state index in [2.05, 4.69) is 37.9 Å². The number of hydrogen-bond acceptors (Lipinski definition) is 4. The van der Waals surface area contributed by atoms with Crippen LogP contribution in [-0.2, 0) is 0 Å². The molecule has 0 aliphatic rings. The monoisotopic (exact) mass is 466 g/mol. The third-order valence-corrected chi connectivity index (χ3v) is 7.36. The smallest absolute Gasteiger partial charge is 0.161 e. The molecule has 0 aliphatic carbocycles. The van der Waals surface area contributed by atoms with Gasteiger partial charge in [0.25, 0.3) is 0 Å². The van der Waals surface area contributed by atoms with Crippen LogP contribution in [0.2, 0.25) is 0 Å². The minimum absolute atomic E-state index is 0.403. The van der Waals surface area contributed by atoms with Crippen molar-refractivity contribution in [3.8, 4) is 17.1 Å². The number of alkyl halides is 2. The molecule has 24 heavy (non-hydrogen) atoms. The van der Waals surface area contributed by atoms with Gasteiger partial charge in [0, 0.05) is 26.9 Å². The number of fused-ring (bicyclic) bond motifs is 1. The van der Waals surface area contributed by atoms with Gasteiger partial charge >= 0.3 is 0 Å². The summed E-state index contributed by atoms with van der Waals surface area (Å²) in [5.74, 6) is 2.51. The molecule has 0 radical (unpaired) electrons. The molecule has 0 fully saturated rings. The van der Waals surface area contributed by atoms with Gasteiger partial charge in [-0.2, -0.15) is 0 Å². The summed E-state index contributed by atoms with van der Waals surface area (Å²) in [5.41, 5.74) is 1.95. The first-order chi connectivity index (χ1) is 11.7. The maximum atomic E-state index is 5.22. The first-order valence-electron chi connectivity index (χ1n) is 7.45. The van der Waals surface area contributed by atoms with E-state index in [0.29, 0.717) is 4.83 Å². The number of rotatable bonds is 6. The topological polar surface area (TPSA) is 35.0 Å². The quantitative estimate of drug-likeness (QED) is 0.270. The van der Waals surface area contributed by atoms with Gasteiger partial charge in [-0.1, -0.05) is 50.1 Å². The van der Waals surface area contributed by atoms with E-state index < -0.39 is 0 Å². The third kappa shape index (κ3) is 4.10. The highest BCUT2D eigenvalue weighted by Crippen LogP contribution is 2.30. The van der Waals surface area contributed by atoms with Gasteiger partial charge in [-0.15, -0.1) is 11.8 Å². The van der Waals surface area contributed by atoms with E-state index >= 15 is 0 Å². The molecule has 0 spiro atoms. The Balaban J connectivity index is 2.01. The fourth-order valence-electron chi connectivity index (χ4n) is 2.24. The van der Waals surface area contributed by atoms with Gasteiger partial charge < -0.3 is 4.74 Å². The summed E-state index contributed by atoms with van der Waals surface area (Å²) in [4.78, 5) is 9.93. The van der Waals surface area contributed by atoms with Gasteiger partial charge in [-0.25, -0.2) is 9.97 Å². The van der Waals surface area contributed by atoms with Gasteiger partial charge in [0.15, 0.2) is 5.82 Å². The zero-order valence-electron chi connectivity index (χ0n) is 13.1. The lowest BCUT2D eigenvalue weighted by molar-refractivity contribution is 0.415. The second kappa shape index (κ2) is 8.32. The lowest BCUT2D eigenvalue weighted by Crippen LogP contribution is -2.03. The first-order valence-corrected chi connectivity index (χ1v) is 10.5. The summed E-state index contributed by atoms with van der Waals surface area (Å²) in [6.07, 6.45) is 0. The van der Waals surface area contributed by atoms with Crippen LogP contribution in [-0.4, -0.2) is 33.0 Å². The molecule has 1 atom stereocenters. The second-order valence-electron chi connectivity index (χ2n) is 5.16. The third-order valence-electron chi connectivity index (χ3n) is 3.48. The molecule has 6 heteroatoms. The lowest BCUT2D eigenvalue weighted by atomic mass is 10.2. The average Bonchev–Trinajstić information content (AvgIpc) is 2.65. The molecule has 1 aromatic heterocycles. The van der Waals surface area contributed by atoms with Crippen molar-refractivity contribution in [2.75, 3.05) is 18.2 Å². The number of hydrogen-bond donors (Lipinski definition) is 0. The predicted molar refractivity (Wildman–Crippen MR) is 109 cm³/mol. The fraction of sp³-hybridized carbons (Fsp3) is 0.222. The Morgan fingerprint density at radius 2 is 1.83 bits per heavy atom. The Hall–Kier alpha value is -1.11. The number of para-hydroxylation sites is 1. The molecular weight excluding hydrogens is 452 g/mol. The highest BCUT2D eigenvalue weighted by atomic mass is 79.9. The summed E-state index contributed by atoms with van der Waals surface area (Å²) in [7, 11) is 1.66. The number of halogens is 2. The van der Waals surface area contributed by atoms with E-state index in [4.69, 9.17) is 14.7 Å². The zero-order valence-corrected chi connectivity index (χ0v) is 17.1. The van der Waals surface area contributed by atoms with Crippen molar-refractivity contribution in [1.29, 1.82) is 0 Å². The summed E-state index contributed by atoms with van der Waals surface area (Å²) in [5, 5.41) is 3.01. The molecule has 3 aromatic rings. The fourth-order valence-corrected chi connectivity index (χ4v) is 4.10. The Morgan fingerprint density at radius 3 is 2.54 bits per heavy atom. The highest BCUT2D eigenvalue weighted by Gasteiger charge is 2.12. The van der Waals surface area contributed by atoms with Crippen molar-refractivity contribution in [1.82, 2.24) is 9.97 Å². The van der Waals surface area contributed by atoms with Crippen molar-refractivity contribution in [3.05, 3.63) is 48.5 Å². The molecule has 124 valence electrons. The Bertz CT molecular complexity index is 827. The van der Waals surface area contributed by atoms with Crippen molar-refractivity contribution in [2.45, 2.75) is 9.85 Å². The number of nitrogens with zero attached hydrogens (tertiary/aromatic N) is 2. The van der Waals surface area contributed by atoms with E-state index in [1.807, 2.05) is 42.5 Å². The van der Waals surface area contributed by atoms with E-state index in [9.17, 15) is 0 Å². The summed E-state index contributed by atoms with van der Waals surface area (Å²) in [6.45, 7) is 0. The molecule has 0 bridgehead atoms. The Morgan fingerprint density at radius 1 is 1.08 bits per heavy atom. The van der Waals surface area contributed by atoms with Gasteiger partial charge in [0.2, 0.25) is 0 Å². The van der Waals surface area contributed by atoms with Crippen LogP contribution in [0.15, 0.2) is 53.6 Å². The standard InChI is InChI=1S/C18H16Br2N2OS/c1-23-14-8-6-12(7-9-14)17-21-16-5-3-2-4-15(16)18(22-17)24-11-13(20)10-19/h2-9,13H,10-11H2,1H3. The summed E-state index contributed by atoms with van der Waals surface area (Å²) in [6, 6.07) is 16.0. The molecule has 2 aromatic carbocycles. The van der Waals surface area contributed by atoms with Crippen LogP contribution in [0.3, 0.4) is 0 Å². The van der Waals surface area contributed by atoms with Crippen molar-refractivity contribution >= 4 is 54.5 Å². The van der Waals surface area contributed by atoms with Crippen LogP contribution in [0, 0.1) is 0 Å². The Labute approximate surface area is 162 Å². The SMILES string of the molecule is COc1ccc(-c2nc(SCC(Br)CBr)c3ccccc3n2)cc1. The minimum atomic E-state index is 0.403. The van der Waals surface area contributed by atoms with E-state index in [1.165, 1.54) is 0 Å². The molecule has 1 unspecified atom stereocenters. The number of thioether (sulfide) groups is 1. The maximum absolute atomic E-state index is 5.22. The first kappa shape index (κ1) is 17.7. The molecule has 0 saturated carbocycles. The van der Waals surface area contributed by atoms with E-state index in [0.717, 1.165) is 44.1 Å². The summed E-state index contributed by atoms with van der Waals surface area (Å²) >= 11 is 8.90. The normalized spacial score (nSPS) is 12.3. The van der Waals surface area contributed by atoms with Gasteiger partial charge in [0.05, 0.1) is 12.6 Å². The van der Waals surface area contributed by atoms with Crippen molar-refractivity contribution < 1.29 is 4.74 Å². The molecule has 0 amide bonds. The van der Waals surface area contributed by atoms with Crippen LogP contribution in [0.5, 0.6) is 5.75 Å². The number of benzene rings is 2. The average molecular weight is 468 g/mol. The number of aromatic nitrogens is 2. The van der Waals surface area contributed by atoms with Gasteiger partial charge in [-0.3, -0.25) is 0 Å². The maximum Gasteiger partial charge on any atom is 0.161 e. The summed E-state index contributed by atoms with van der Waals surface area (Å²) < 4.78 is 5.22. The molecule has 3 nitrogen and oxygen atoms in total. The largest absolute Gasteiger partial charge is 0.497 e. The van der Waals surface area contributed by atoms with Gasteiger partial charge in [-0.05, 0) is 30.3 Å². The van der Waals surface area contributed by atoms with Crippen molar-refractivity contribution in [2.24, 2.45) is 0 Å². The number of methoxy groups -OCH3 is 1. The van der Waals surface area contributed by atoms with E-state index in [-0.39, 0.29) is 0 Å². The molecule has 0 saturated heterocycles. The predicted octanol–water partition coefficient (Wildman–Crippen LogP) is 5.56. The molecule has 3 rings (SSSR count). The lowest BCUT2D eigenvalue weighted by Gasteiger charge is -2.10. The molecule has 0 aliphatic heterocycles. The van der Waals surface area contributed by atoms with Gasteiger partial charge in [0.1, 0.15) is 10.8 Å². The van der Waals surface area contributed by atoms with Crippen LogP contribution < -0.4 is 4.74 Å².